The van der Waals surface area contributed by atoms with E-state index in [1.807, 2.05) is 6.08 Å². The van der Waals surface area contributed by atoms with Crippen molar-refractivity contribution in [3.8, 4) is 0 Å². The average Bonchev–Trinajstić information content (AvgIpc) is 3.97. The van der Waals surface area contributed by atoms with E-state index < -0.39 is 51.8 Å². The van der Waals surface area contributed by atoms with Gasteiger partial charge in [0.1, 0.15) is 12.7 Å². The first-order chi connectivity index (χ1) is 28.6. The van der Waals surface area contributed by atoms with Gasteiger partial charge in [-0.1, -0.05) is 166 Å². The first-order valence-electron chi connectivity index (χ1n) is 23.4. The Kier molecular flexibility index (Phi) is 35.4. The zero-order chi connectivity index (χ0) is 43.2. The third-order valence-corrected chi connectivity index (χ3v) is 11.3. The van der Waals surface area contributed by atoms with Crippen LogP contribution in [-0.2, 0) is 37.4 Å². The van der Waals surface area contributed by atoms with E-state index in [4.69, 9.17) is 28.4 Å². The molecule has 1 aliphatic rings. The van der Waals surface area contributed by atoms with Crippen LogP contribution < -0.4 is 0 Å². The molecule has 0 aliphatic carbocycles. The minimum absolute atomic E-state index is 0.101. The quantitative estimate of drug-likeness (QED) is 0.0176. The Hall–Kier alpha value is -1.85. The van der Waals surface area contributed by atoms with Crippen molar-refractivity contribution in [2.45, 2.75) is 219 Å². The standard InChI is InChI=1S/C47H85O11P/c1-4-5-6-7-8-16-20-23-28-33-44-45(58-44)34-29-25-26-31-36-47(51)57-43(40-56-59(52,53)55-38-42(49)37-48)39-54-46(50)35-30-24-21-18-15-13-11-9-10-12-14-17-19-22-27-32-41(2)3/h8,16,23,25,28-29,41-45,48-49H,4-7,9-15,17-22,24,26-27,30-40H2,1-3H3,(H,52,53)/b16-8-,28-23-,29-25-/t42-,43+,44?,45?/m0/s1. The third kappa shape index (κ3) is 36.5. The largest absolute Gasteiger partial charge is 0.472 e. The summed E-state index contributed by atoms with van der Waals surface area (Å²) >= 11 is 0. The molecule has 3 unspecified atom stereocenters. The molecule has 0 radical (unpaired) electrons. The van der Waals surface area contributed by atoms with E-state index in [2.05, 4.69) is 51.2 Å². The van der Waals surface area contributed by atoms with Gasteiger partial charge in [-0.3, -0.25) is 18.6 Å². The smallest absolute Gasteiger partial charge is 0.462 e. The van der Waals surface area contributed by atoms with Crippen LogP contribution >= 0.6 is 7.82 Å². The van der Waals surface area contributed by atoms with Crippen LogP contribution in [0, 0.1) is 5.92 Å². The summed E-state index contributed by atoms with van der Waals surface area (Å²) in [5, 5.41) is 18.4. The van der Waals surface area contributed by atoms with Gasteiger partial charge in [-0.2, -0.15) is 0 Å². The number of aliphatic hydroxyl groups excluding tert-OH is 2. The molecule has 0 amide bonds. The van der Waals surface area contributed by atoms with Crippen molar-refractivity contribution in [2.75, 3.05) is 26.4 Å². The molecule has 59 heavy (non-hydrogen) atoms. The molecule has 344 valence electrons. The zero-order valence-electron chi connectivity index (χ0n) is 37.3. The molecule has 1 rings (SSSR count). The third-order valence-electron chi connectivity index (χ3n) is 10.4. The molecule has 12 heteroatoms. The summed E-state index contributed by atoms with van der Waals surface area (Å²) in [6, 6.07) is 0. The highest BCUT2D eigenvalue weighted by molar-refractivity contribution is 7.47. The van der Waals surface area contributed by atoms with E-state index in [0.29, 0.717) is 19.3 Å². The molecule has 1 fully saturated rings. The van der Waals surface area contributed by atoms with Gasteiger partial charge in [-0.15, -0.1) is 0 Å². The highest BCUT2D eigenvalue weighted by Gasteiger charge is 2.36. The molecule has 11 nitrogen and oxygen atoms in total. The topological polar surface area (TPSA) is 161 Å². The Bertz CT molecular complexity index is 1160. The normalized spacial score (nSPS) is 17.6. The number of hydrogen-bond acceptors (Lipinski definition) is 10. The molecule has 0 spiro atoms. The molecule has 0 bridgehead atoms. The second-order valence-electron chi connectivity index (χ2n) is 16.6. The van der Waals surface area contributed by atoms with Crippen LogP contribution in [0.15, 0.2) is 36.5 Å². The monoisotopic (exact) mass is 857 g/mol. The molecule has 0 saturated carbocycles. The fraction of sp³-hybridized carbons (Fsp3) is 0.830. The molecule has 1 saturated heterocycles. The van der Waals surface area contributed by atoms with Gasteiger partial charge in [-0.25, -0.2) is 4.57 Å². The van der Waals surface area contributed by atoms with E-state index in [9.17, 15) is 24.2 Å². The van der Waals surface area contributed by atoms with Gasteiger partial charge >= 0.3 is 19.8 Å². The van der Waals surface area contributed by atoms with Crippen molar-refractivity contribution in [3.05, 3.63) is 36.5 Å². The fourth-order valence-electron chi connectivity index (χ4n) is 6.62. The fourth-order valence-corrected chi connectivity index (χ4v) is 7.41. The lowest BCUT2D eigenvalue weighted by Gasteiger charge is -2.20. The maximum atomic E-state index is 12.7. The summed E-state index contributed by atoms with van der Waals surface area (Å²) in [4.78, 5) is 35.1. The molecule has 1 aliphatic heterocycles. The molecule has 0 aromatic heterocycles. The van der Waals surface area contributed by atoms with E-state index >= 15 is 0 Å². The van der Waals surface area contributed by atoms with Gasteiger partial charge in [0.05, 0.1) is 32.0 Å². The lowest BCUT2D eigenvalue weighted by atomic mass is 10.0. The molecule has 3 N–H and O–H groups in total. The van der Waals surface area contributed by atoms with Gasteiger partial charge in [0.15, 0.2) is 6.10 Å². The first kappa shape index (κ1) is 55.2. The number of phosphoric acid groups is 1. The van der Waals surface area contributed by atoms with Crippen LogP contribution in [0.1, 0.15) is 194 Å². The van der Waals surface area contributed by atoms with Gasteiger partial charge in [0, 0.05) is 12.8 Å². The maximum Gasteiger partial charge on any atom is 0.472 e. The lowest BCUT2D eigenvalue weighted by molar-refractivity contribution is -0.161. The van der Waals surface area contributed by atoms with Crippen LogP contribution in [0.2, 0.25) is 0 Å². The van der Waals surface area contributed by atoms with Gasteiger partial charge < -0.3 is 29.3 Å². The van der Waals surface area contributed by atoms with Crippen LogP contribution in [0.5, 0.6) is 0 Å². The minimum atomic E-state index is -4.64. The summed E-state index contributed by atoms with van der Waals surface area (Å²) in [6.07, 6.45) is 40.0. The van der Waals surface area contributed by atoms with Crippen molar-refractivity contribution in [2.24, 2.45) is 5.92 Å². The van der Waals surface area contributed by atoms with Crippen LogP contribution in [0.4, 0.5) is 0 Å². The molecule has 0 aromatic carbocycles. The molecule has 5 atom stereocenters. The minimum Gasteiger partial charge on any atom is -0.462 e. The van der Waals surface area contributed by atoms with Gasteiger partial charge in [-0.05, 0) is 57.3 Å². The van der Waals surface area contributed by atoms with Crippen LogP contribution in [0.25, 0.3) is 0 Å². The number of rotatable bonds is 42. The molecule has 0 aromatic rings. The second-order valence-corrected chi connectivity index (χ2v) is 18.1. The van der Waals surface area contributed by atoms with E-state index in [0.717, 1.165) is 50.9 Å². The summed E-state index contributed by atoms with van der Waals surface area (Å²) in [7, 11) is -4.64. The number of epoxide rings is 1. The van der Waals surface area contributed by atoms with Crippen LogP contribution in [-0.4, -0.2) is 77.9 Å². The highest BCUT2D eigenvalue weighted by atomic mass is 31.2. The number of aliphatic hydroxyl groups is 2. The Morgan fingerprint density at radius 1 is 0.644 bits per heavy atom. The van der Waals surface area contributed by atoms with Gasteiger partial charge in [0.2, 0.25) is 0 Å². The Balaban J connectivity index is 2.26. The van der Waals surface area contributed by atoms with E-state index in [1.165, 1.54) is 96.3 Å². The molecular formula is C47H85O11P. The van der Waals surface area contributed by atoms with Crippen LogP contribution in [0.3, 0.4) is 0 Å². The highest BCUT2D eigenvalue weighted by Crippen LogP contribution is 2.43. The van der Waals surface area contributed by atoms with Gasteiger partial charge in [0.25, 0.3) is 0 Å². The van der Waals surface area contributed by atoms with Crippen molar-refractivity contribution >= 4 is 19.8 Å². The maximum absolute atomic E-state index is 12.7. The number of esters is 2. The van der Waals surface area contributed by atoms with Crippen molar-refractivity contribution in [1.29, 1.82) is 0 Å². The zero-order valence-corrected chi connectivity index (χ0v) is 38.2. The average molecular weight is 857 g/mol. The number of carbonyl (C=O) groups excluding carboxylic acids is 2. The number of hydrogen-bond donors (Lipinski definition) is 3. The predicted octanol–water partition coefficient (Wildman–Crippen LogP) is 11.6. The number of carbonyl (C=O) groups is 2. The number of ether oxygens (including phenoxy) is 3. The summed E-state index contributed by atoms with van der Waals surface area (Å²) in [6.45, 7) is 4.63. The number of phosphoric ester groups is 1. The lowest BCUT2D eigenvalue weighted by Crippen LogP contribution is -2.29. The SMILES string of the molecule is CCCCC/C=C\C/C=C\CC1OC1C/C=C\CCCC(=O)O[C@H](COC(=O)CCCCCCCCCCCCCCCCCC(C)C)COP(=O)(O)OC[C@@H](O)CO. The Morgan fingerprint density at radius 3 is 1.75 bits per heavy atom. The molecular weight excluding hydrogens is 771 g/mol. The Morgan fingerprint density at radius 2 is 1.15 bits per heavy atom. The van der Waals surface area contributed by atoms with Crippen molar-refractivity contribution < 1.29 is 52.5 Å². The summed E-state index contributed by atoms with van der Waals surface area (Å²) in [5.41, 5.74) is 0. The van der Waals surface area contributed by atoms with E-state index in [-0.39, 0.29) is 31.7 Å². The summed E-state index contributed by atoms with van der Waals surface area (Å²) in [5.74, 6) is -0.166. The predicted molar refractivity (Wildman–Crippen MR) is 237 cm³/mol. The Labute approximate surface area is 358 Å². The van der Waals surface area contributed by atoms with Crippen molar-refractivity contribution in [1.82, 2.24) is 0 Å². The summed E-state index contributed by atoms with van der Waals surface area (Å²) < 4.78 is 38.5. The second kappa shape index (κ2) is 37.9. The first-order valence-corrected chi connectivity index (χ1v) is 24.9. The number of unbranched alkanes of at least 4 members (excludes halogenated alkanes) is 18. The number of allylic oxidation sites excluding steroid dienone is 4. The van der Waals surface area contributed by atoms with Crippen molar-refractivity contribution in [3.63, 3.8) is 0 Å². The molecule has 1 heterocycles. The van der Waals surface area contributed by atoms with E-state index in [1.54, 1.807) is 0 Å².